The highest BCUT2D eigenvalue weighted by molar-refractivity contribution is 7.13. The normalized spacial score (nSPS) is 13.2. The summed E-state index contributed by atoms with van der Waals surface area (Å²) in [5.74, 6) is -1.28. The smallest absolute Gasteiger partial charge is 0.262 e. The number of thiazole rings is 1. The van der Waals surface area contributed by atoms with Gasteiger partial charge in [0.1, 0.15) is 6.54 Å². The van der Waals surface area contributed by atoms with Gasteiger partial charge in [-0.05, 0) is 12.1 Å². The molecule has 0 aliphatic carbocycles. The molecule has 2 N–H and O–H groups in total. The molecule has 0 spiro atoms. The maximum Gasteiger partial charge on any atom is 0.262 e. The predicted octanol–water partition coefficient (Wildman–Crippen LogP) is 1.10. The van der Waals surface area contributed by atoms with Crippen LogP contribution in [0.15, 0.2) is 29.6 Å². The van der Waals surface area contributed by atoms with Crippen molar-refractivity contribution in [3.05, 3.63) is 46.5 Å². The van der Waals surface area contributed by atoms with Crippen molar-refractivity contribution in [2.24, 2.45) is 0 Å². The molecule has 0 bridgehead atoms. The first kappa shape index (κ1) is 15.2. The van der Waals surface area contributed by atoms with Gasteiger partial charge >= 0.3 is 0 Å². The van der Waals surface area contributed by atoms with Gasteiger partial charge < -0.3 is 10.6 Å². The summed E-state index contributed by atoms with van der Waals surface area (Å²) in [5.41, 5.74) is 1.39. The summed E-state index contributed by atoms with van der Waals surface area (Å²) in [7, 11) is 1.77. The van der Waals surface area contributed by atoms with Crippen LogP contribution >= 0.6 is 11.3 Å². The van der Waals surface area contributed by atoms with E-state index in [0.717, 1.165) is 15.7 Å². The number of imide groups is 1. The molecule has 0 radical (unpaired) electrons. The topological polar surface area (TPSA) is 91.4 Å². The van der Waals surface area contributed by atoms with Gasteiger partial charge in [0.2, 0.25) is 5.91 Å². The van der Waals surface area contributed by atoms with E-state index >= 15 is 0 Å². The van der Waals surface area contributed by atoms with Crippen LogP contribution in [0.1, 0.15) is 26.4 Å². The van der Waals surface area contributed by atoms with E-state index < -0.39 is 17.7 Å². The van der Waals surface area contributed by atoms with Crippen molar-refractivity contribution < 1.29 is 14.4 Å². The van der Waals surface area contributed by atoms with Crippen molar-refractivity contribution in [3.8, 4) is 0 Å². The van der Waals surface area contributed by atoms with E-state index in [-0.39, 0.29) is 13.1 Å². The Labute approximate surface area is 136 Å². The van der Waals surface area contributed by atoms with Crippen LogP contribution in [-0.2, 0) is 11.3 Å². The number of rotatable bonds is 5. The number of fused-ring (bicyclic) bond motifs is 1. The maximum atomic E-state index is 12.2. The molecule has 1 aliphatic rings. The van der Waals surface area contributed by atoms with E-state index in [1.54, 1.807) is 31.3 Å². The third kappa shape index (κ3) is 2.93. The molecule has 3 amide bonds. The van der Waals surface area contributed by atoms with E-state index in [9.17, 15) is 14.4 Å². The molecule has 118 valence electrons. The lowest BCUT2D eigenvalue weighted by atomic mass is 10.1. The molecule has 7 nitrogen and oxygen atoms in total. The molecule has 0 saturated carbocycles. The Hall–Kier alpha value is -2.74. The summed E-state index contributed by atoms with van der Waals surface area (Å²) in [5, 5.41) is 8.16. The molecule has 23 heavy (non-hydrogen) atoms. The quantitative estimate of drug-likeness (QED) is 0.801. The minimum atomic E-state index is -0.438. The Kier molecular flexibility index (Phi) is 4.07. The van der Waals surface area contributed by atoms with Gasteiger partial charge in [0.25, 0.3) is 11.8 Å². The fourth-order valence-electron chi connectivity index (χ4n) is 2.27. The minimum absolute atomic E-state index is 0.250. The predicted molar refractivity (Wildman–Crippen MR) is 85.3 cm³/mol. The van der Waals surface area contributed by atoms with Gasteiger partial charge in [0.15, 0.2) is 5.13 Å². The second-order valence-electron chi connectivity index (χ2n) is 4.91. The molecule has 1 aromatic carbocycles. The van der Waals surface area contributed by atoms with Gasteiger partial charge in [-0.25, -0.2) is 4.98 Å². The van der Waals surface area contributed by atoms with Gasteiger partial charge in [0, 0.05) is 12.4 Å². The number of carbonyl (C=O) groups is 3. The molecule has 1 aliphatic heterocycles. The number of carbonyl (C=O) groups excluding carboxylic acids is 3. The van der Waals surface area contributed by atoms with Crippen LogP contribution in [0.4, 0.5) is 5.13 Å². The Bertz CT molecular complexity index is 752. The van der Waals surface area contributed by atoms with Gasteiger partial charge in [-0.2, -0.15) is 0 Å². The van der Waals surface area contributed by atoms with Gasteiger partial charge in [-0.15, -0.1) is 11.3 Å². The SMILES string of the molecule is CNc1nc(CNC(=O)CN2C(=O)c3ccccc3C2=O)cs1. The maximum absolute atomic E-state index is 12.2. The van der Waals surface area contributed by atoms with Crippen LogP contribution in [0, 0.1) is 0 Å². The van der Waals surface area contributed by atoms with Crippen molar-refractivity contribution in [2.75, 3.05) is 18.9 Å². The van der Waals surface area contributed by atoms with Crippen molar-refractivity contribution in [1.29, 1.82) is 0 Å². The molecule has 0 saturated heterocycles. The Morgan fingerprint density at radius 1 is 1.22 bits per heavy atom. The Balaban J connectivity index is 1.60. The highest BCUT2D eigenvalue weighted by Crippen LogP contribution is 2.22. The molecule has 8 heteroatoms. The zero-order chi connectivity index (χ0) is 16.4. The summed E-state index contributed by atoms with van der Waals surface area (Å²) in [4.78, 5) is 41.5. The molecule has 2 heterocycles. The van der Waals surface area contributed by atoms with E-state index in [1.165, 1.54) is 11.3 Å². The van der Waals surface area contributed by atoms with Crippen molar-refractivity contribution in [2.45, 2.75) is 6.54 Å². The summed E-state index contributed by atoms with van der Waals surface area (Å²) in [6, 6.07) is 6.55. The lowest BCUT2D eigenvalue weighted by Crippen LogP contribution is -2.40. The first-order chi connectivity index (χ1) is 11.1. The van der Waals surface area contributed by atoms with Crippen LogP contribution in [0.3, 0.4) is 0 Å². The molecular formula is C15H14N4O3S. The van der Waals surface area contributed by atoms with Crippen LogP contribution in [-0.4, -0.2) is 41.2 Å². The van der Waals surface area contributed by atoms with Gasteiger partial charge in [-0.1, -0.05) is 12.1 Å². The lowest BCUT2D eigenvalue weighted by molar-refractivity contribution is -0.121. The summed E-state index contributed by atoms with van der Waals surface area (Å²) >= 11 is 1.43. The third-order valence-corrected chi connectivity index (χ3v) is 4.32. The summed E-state index contributed by atoms with van der Waals surface area (Å²) in [6.45, 7) is -0.0461. The number of amides is 3. The molecule has 0 fully saturated rings. The third-order valence-electron chi connectivity index (χ3n) is 3.41. The van der Waals surface area contributed by atoms with Crippen LogP contribution in [0.25, 0.3) is 0 Å². The number of nitrogens with zero attached hydrogens (tertiary/aromatic N) is 2. The number of anilines is 1. The largest absolute Gasteiger partial charge is 0.365 e. The van der Waals surface area contributed by atoms with Gasteiger partial charge in [0.05, 0.1) is 23.4 Å². The monoisotopic (exact) mass is 330 g/mol. The number of aromatic nitrogens is 1. The minimum Gasteiger partial charge on any atom is -0.365 e. The average Bonchev–Trinajstić information content (AvgIpc) is 3.12. The molecular weight excluding hydrogens is 316 g/mol. The molecule has 1 aromatic heterocycles. The van der Waals surface area contributed by atoms with Crippen LogP contribution in [0.5, 0.6) is 0 Å². The number of hydrogen-bond donors (Lipinski definition) is 2. The van der Waals surface area contributed by atoms with E-state index in [1.807, 2.05) is 5.38 Å². The molecule has 3 rings (SSSR count). The Morgan fingerprint density at radius 3 is 2.43 bits per heavy atom. The van der Waals surface area contributed by atoms with E-state index in [2.05, 4.69) is 15.6 Å². The average molecular weight is 330 g/mol. The van der Waals surface area contributed by atoms with E-state index in [0.29, 0.717) is 11.1 Å². The fourth-order valence-corrected chi connectivity index (χ4v) is 2.95. The second-order valence-corrected chi connectivity index (χ2v) is 5.77. The van der Waals surface area contributed by atoms with Gasteiger partial charge in [-0.3, -0.25) is 19.3 Å². The zero-order valence-corrected chi connectivity index (χ0v) is 13.1. The first-order valence-electron chi connectivity index (χ1n) is 6.94. The molecule has 0 atom stereocenters. The number of benzene rings is 1. The van der Waals surface area contributed by atoms with Crippen LogP contribution < -0.4 is 10.6 Å². The van der Waals surface area contributed by atoms with Crippen LogP contribution in [0.2, 0.25) is 0 Å². The standard InChI is InChI=1S/C15H14N4O3S/c1-16-15-18-9(8-23-15)6-17-12(20)7-19-13(21)10-4-2-3-5-11(10)14(19)22/h2-5,8H,6-7H2,1H3,(H,16,18)(H,17,20). The summed E-state index contributed by atoms with van der Waals surface area (Å²) < 4.78 is 0. The summed E-state index contributed by atoms with van der Waals surface area (Å²) in [6.07, 6.45) is 0. The lowest BCUT2D eigenvalue weighted by Gasteiger charge is -2.13. The number of hydrogen-bond acceptors (Lipinski definition) is 6. The fraction of sp³-hybridized carbons (Fsp3) is 0.200. The zero-order valence-electron chi connectivity index (χ0n) is 12.3. The number of nitrogens with one attached hydrogen (secondary N) is 2. The second kappa shape index (κ2) is 6.17. The molecule has 2 aromatic rings. The first-order valence-corrected chi connectivity index (χ1v) is 7.82. The van der Waals surface area contributed by atoms with Crippen molar-refractivity contribution in [3.63, 3.8) is 0 Å². The highest BCUT2D eigenvalue weighted by atomic mass is 32.1. The van der Waals surface area contributed by atoms with Crippen molar-refractivity contribution >= 4 is 34.2 Å². The Morgan fingerprint density at radius 2 is 1.87 bits per heavy atom. The molecule has 0 unspecified atom stereocenters. The van der Waals surface area contributed by atoms with E-state index in [4.69, 9.17) is 0 Å². The van der Waals surface area contributed by atoms with Crippen molar-refractivity contribution in [1.82, 2.24) is 15.2 Å². The highest BCUT2D eigenvalue weighted by Gasteiger charge is 2.36.